The van der Waals surface area contributed by atoms with Gasteiger partial charge in [0.2, 0.25) is 0 Å². The number of para-hydroxylation sites is 1. The second-order valence-electron chi connectivity index (χ2n) is 4.62. The predicted molar refractivity (Wildman–Crippen MR) is 76.8 cm³/mol. The number of hydrogen-bond acceptors (Lipinski definition) is 5. The van der Waals surface area contributed by atoms with Crippen LogP contribution < -0.4 is 16.0 Å². The van der Waals surface area contributed by atoms with Crippen LogP contribution in [0.4, 0.5) is 5.69 Å². The molecule has 5 heteroatoms. The van der Waals surface area contributed by atoms with Gasteiger partial charge in [-0.1, -0.05) is 26.0 Å². The Labute approximate surface area is 114 Å². The smallest absolute Gasteiger partial charge is 0.340 e. The molecule has 0 heterocycles. The van der Waals surface area contributed by atoms with Gasteiger partial charge in [0.25, 0.3) is 0 Å². The first-order valence-corrected chi connectivity index (χ1v) is 6.51. The molecule has 0 bridgehead atoms. The largest absolute Gasteiger partial charge is 0.462 e. The molecule has 5 nitrogen and oxygen atoms in total. The number of hydrogen-bond donors (Lipinski definition) is 2. The molecule has 0 aromatic heterocycles. The van der Waals surface area contributed by atoms with E-state index in [1.807, 2.05) is 18.2 Å². The minimum Gasteiger partial charge on any atom is -0.462 e. The lowest BCUT2D eigenvalue weighted by molar-refractivity contribution is 0.0488. The number of rotatable bonds is 7. The molecule has 0 fully saturated rings. The molecule has 0 aliphatic rings. The van der Waals surface area contributed by atoms with Crippen molar-refractivity contribution in [1.29, 1.82) is 0 Å². The van der Waals surface area contributed by atoms with E-state index in [0.717, 1.165) is 12.1 Å². The lowest BCUT2D eigenvalue weighted by Crippen LogP contribution is -2.45. The van der Waals surface area contributed by atoms with Crippen LogP contribution in [0.3, 0.4) is 0 Å². The van der Waals surface area contributed by atoms with E-state index in [1.54, 1.807) is 25.3 Å². The maximum atomic E-state index is 12.1. The van der Waals surface area contributed by atoms with Crippen molar-refractivity contribution in [2.75, 3.05) is 25.8 Å². The molecule has 2 N–H and O–H groups in total. The van der Waals surface area contributed by atoms with Gasteiger partial charge in [0.15, 0.2) is 0 Å². The van der Waals surface area contributed by atoms with E-state index in [-0.39, 0.29) is 5.97 Å². The summed E-state index contributed by atoms with van der Waals surface area (Å²) in [4.78, 5) is 12.1. The van der Waals surface area contributed by atoms with Crippen molar-refractivity contribution in [1.82, 2.24) is 10.9 Å². The molecule has 0 saturated heterocycles. The molecule has 1 rings (SSSR count). The van der Waals surface area contributed by atoms with Crippen LogP contribution in [-0.2, 0) is 4.74 Å². The third-order valence-corrected chi connectivity index (χ3v) is 2.74. The van der Waals surface area contributed by atoms with E-state index in [9.17, 15) is 4.79 Å². The third-order valence-electron chi connectivity index (χ3n) is 2.74. The van der Waals surface area contributed by atoms with Crippen LogP contribution in [0.1, 0.15) is 30.6 Å². The quantitative estimate of drug-likeness (QED) is 0.583. The van der Waals surface area contributed by atoms with Gasteiger partial charge in [-0.25, -0.2) is 20.8 Å². The Kier molecular flexibility index (Phi) is 6.32. The number of nitrogens with zero attached hydrogens (tertiary/aromatic N) is 1. The molecule has 1 aromatic carbocycles. The topological polar surface area (TPSA) is 53.6 Å². The Morgan fingerprint density at radius 3 is 2.47 bits per heavy atom. The molecule has 0 unspecified atom stereocenters. The Bertz CT molecular complexity index is 403. The van der Waals surface area contributed by atoms with Gasteiger partial charge < -0.3 is 4.74 Å². The molecule has 0 amide bonds. The number of carbonyl (C=O) groups is 1. The van der Waals surface area contributed by atoms with Crippen molar-refractivity contribution < 1.29 is 9.53 Å². The Morgan fingerprint density at radius 2 is 1.89 bits per heavy atom. The standard InChI is InChI=1S/C14H23N3O2/c1-11(2)9-10-19-14(18)12-7-5-6-8-13(12)17(15-3)16-4/h5-8,11,15-16H,9-10H2,1-4H3. The van der Waals surface area contributed by atoms with E-state index >= 15 is 0 Å². The molecule has 106 valence electrons. The Morgan fingerprint density at radius 1 is 1.26 bits per heavy atom. The lowest BCUT2D eigenvalue weighted by atomic mass is 10.1. The van der Waals surface area contributed by atoms with E-state index in [0.29, 0.717) is 18.1 Å². The Hall–Kier alpha value is -1.59. The van der Waals surface area contributed by atoms with Crippen molar-refractivity contribution in [2.24, 2.45) is 5.92 Å². The van der Waals surface area contributed by atoms with E-state index < -0.39 is 0 Å². The number of ether oxygens (including phenoxy) is 1. The average molecular weight is 265 g/mol. The molecular formula is C14H23N3O2. The summed E-state index contributed by atoms with van der Waals surface area (Å²) < 4.78 is 5.30. The number of carbonyl (C=O) groups excluding carboxylic acids is 1. The molecule has 0 aliphatic heterocycles. The highest BCUT2D eigenvalue weighted by Gasteiger charge is 2.16. The fraction of sp³-hybridized carbons (Fsp3) is 0.500. The zero-order valence-corrected chi connectivity index (χ0v) is 12.1. The minimum atomic E-state index is -0.299. The van der Waals surface area contributed by atoms with Gasteiger partial charge in [-0.2, -0.15) is 0 Å². The summed E-state index contributed by atoms with van der Waals surface area (Å²) in [5, 5.41) is 1.67. The first-order chi connectivity index (χ1) is 9.10. The average Bonchev–Trinajstić information content (AvgIpc) is 2.40. The fourth-order valence-electron chi connectivity index (χ4n) is 1.66. The molecule has 0 spiro atoms. The molecular weight excluding hydrogens is 242 g/mol. The number of nitrogens with one attached hydrogen (secondary N) is 2. The van der Waals surface area contributed by atoms with Crippen LogP contribution in [-0.4, -0.2) is 26.7 Å². The van der Waals surface area contributed by atoms with Crippen molar-refractivity contribution >= 4 is 11.7 Å². The number of hydrazine groups is 2. The summed E-state index contributed by atoms with van der Waals surface area (Å²) in [6.07, 6.45) is 0.871. The second-order valence-corrected chi connectivity index (χ2v) is 4.62. The van der Waals surface area contributed by atoms with Gasteiger partial charge in [0.1, 0.15) is 0 Å². The summed E-state index contributed by atoms with van der Waals surface area (Å²) in [5.74, 6) is 0.223. The zero-order chi connectivity index (χ0) is 14.3. The molecule has 0 radical (unpaired) electrons. The van der Waals surface area contributed by atoms with E-state index in [2.05, 4.69) is 24.7 Å². The fourth-order valence-corrected chi connectivity index (χ4v) is 1.66. The van der Waals surface area contributed by atoms with E-state index in [4.69, 9.17) is 4.74 Å². The van der Waals surface area contributed by atoms with Gasteiger partial charge in [0, 0.05) is 14.1 Å². The third kappa shape index (κ3) is 4.54. The molecule has 0 saturated carbocycles. The van der Waals surface area contributed by atoms with Gasteiger partial charge >= 0.3 is 5.97 Å². The van der Waals surface area contributed by atoms with Gasteiger partial charge in [-0.15, -0.1) is 0 Å². The van der Waals surface area contributed by atoms with Crippen LogP contribution in [0.25, 0.3) is 0 Å². The number of anilines is 1. The SMILES string of the molecule is CNN(NC)c1ccccc1C(=O)OCCC(C)C. The lowest BCUT2D eigenvalue weighted by Gasteiger charge is -2.23. The highest BCUT2D eigenvalue weighted by atomic mass is 16.5. The maximum absolute atomic E-state index is 12.1. The number of esters is 1. The molecule has 19 heavy (non-hydrogen) atoms. The van der Waals surface area contributed by atoms with Gasteiger partial charge in [-0.3, -0.25) is 0 Å². The van der Waals surface area contributed by atoms with Crippen LogP contribution in [0, 0.1) is 5.92 Å². The highest BCUT2D eigenvalue weighted by molar-refractivity contribution is 5.95. The van der Waals surface area contributed by atoms with Crippen molar-refractivity contribution in [2.45, 2.75) is 20.3 Å². The summed E-state index contributed by atoms with van der Waals surface area (Å²) in [7, 11) is 3.55. The van der Waals surface area contributed by atoms with Crippen molar-refractivity contribution in [3.8, 4) is 0 Å². The summed E-state index contributed by atoms with van der Waals surface area (Å²) in [5.41, 5.74) is 7.18. The molecule has 0 aliphatic carbocycles. The molecule has 0 atom stereocenters. The first kappa shape index (κ1) is 15.5. The first-order valence-electron chi connectivity index (χ1n) is 6.51. The van der Waals surface area contributed by atoms with Crippen LogP contribution in [0.5, 0.6) is 0 Å². The minimum absolute atomic E-state index is 0.299. The maximum Gasteiger partial charge on any atom is 0.340 e. The van der Waals surface area contributed by atoms with E-state index in [1.165, 1.54) is 0 Å². The summed E-state index contributed by atoms with van der Waals surface area (Å²) >= 11 is 0. The van der Waals surface area contributed by atoms with Gasteiger partial charge in [0.05, 0.1) is 17.9 Å². The summed E-state index contributed by atoms with van der Waals surface area (Å²) in [6, 6.07) is 7.31. The van der Waals surface area contributed by atoms with Crippen molar-refractivity contribution in [3.05, 3.63) is 29.8 Å². The van der Waals surface area contributed by atoms with Crippen molar-refractivity contribution in [3.63, 3.8) is 0 Å². The summed E-state index contributed by atoms with van der Waals surface area (Å²) in [6.45, 7) is 4.65. The van der Waals surface area contributed by atoms with Crippen LogP contribution in [0.15, 0.2) is 24.3 Å². The number of benzene rings is 1. The van der Waals surface area contributed by atoms with Gasteiger partial charge in [-0.05, 0) is 24.5 Å². The monoisotopic (exact) mass is 265 g/mol. The zero-order valence-electron chi connectivity index (χ0n) is 12.1. The predicted octanol–water partition coefficient (Wildman–Crippen LogP) is 1.96. The normalized spacial score (nSPS) is 10.6. The molecule has 1 aromatic rings. The van der Waals surface area contributed by atoms with Crippen LogP contribution >= 0.6 is 0 Å². The highest BCUT2D eigenvalue weighted by Crippen LogP contribution is 2.18. The second kappa shape index (κ2) is 7.76. The van der Waals surface area contributed by atoms with Crippen LogP contribution in [0.2, 0.25) is 0 Å². The Balaban J connectivity index is 2.79.